The van der Waals surface area contributed by atoms with Crippen LogP contribution in [-0.4, -0.2) is 38.2 Å². The molecule has 14 aromatic carbocycles. The minimum atomic E-state index is 0.938. The largest absolute Gasteiger partial charge is 0.309 e. The fourth-order valence-electron chi connectivity index (χ4n) is 16.6. The molecule has 0 spiro atoms. The second-order valence-corrected chi connectivity index (χ2v) is 28.5. The summed E-state index contributed by atoms with van der Waals surface area (Å²) in [5, 5.41) is 7.24. The molecule has 0 saturated carbocycles. The van der Waals surface area contributed by atoms with Crippen molar-refractivity contribution in [1.82, 2.24) is 38.2 Å². The van der Waals surface area contributed by atoms with Gasteiger partial charge < -0.3 is 18.3 Å². The first kappa shape index (κ1) is 65.2. The van der Waals surface area contributed by atoms with E-state index in [4.69, 9.17) is 19.9 Å². The molecule has 0 aliphatic rings. The average molecular weight is 1430 g/mol. The molecule has 8 heterocycles. The summed E-state index contributed by atoms with van der Waals surface area (Å²) in [6.07, 6.45) is 3.78. The van der Waals surface area contributed by atoms with Gasteiger partial charge in [0.1, 0.15) is 0 Å². The third-order valence-corrected chi connectivity index (χ3v) is 21.9. The number of rotatable bonds is 12. The lowest BCUT2D eigenvalue weighted by Gasteiger charge is -2.12. The van der Waals surface area contributed by atoms with Gasteiger partial charge in [0, 0.05) is 89.7 Å². The van der Waals surface area contributed by atoms with E-state index >= 15 is 0 Å². The number of benzene rings is 14. The third kappa shape index (κ3) is 11.6. The zero-order valence-corrected chi connectivity index (χ0v) is 60.8. The van der Waals surface area contributed by atoms with Gasteiger partial charge in [0.05, 0.1) is 77.9 Å². The van der Waals surface area contributed by atoms with E-state index in [0.717, 1.165) is 139 Å². The van der Waals surface area contributed by atoms with E-state index < -0.39 is 0 Å². The van der Waals surface area contributed by atoms with Gasteiger partial charge in [-0.15, -0.1) is 0 Å². The number of para-hydroxylation sites is 4. The first-order valence-corrected chi connectivity index (χ1v) is 38.0. The molecule has 0 atom stereocenters. The summed E-state index contributed by atoms with van der Waals surface area (Å²) in [6, 6.07) is 142. The van der Waals surface area contributed by atoms with Gasteiger partial charge in [-0.05, 0) is 190 Å². The van der Waals surface area contributed by atoms with Crippen molar-refractivity contribution in [2.45, 2.75) is 0 Å². The normalized spacial score (nSPS) is 11.6. The van der Waals surface area contributed by atoms with Gasteiger partial charge in [-0.2, -0.15) is 0 Å². The smallest absolute Gasteiger partial charge is 0.0963 e. The van der Waals surface area contributed by atoms with E-state index in [2.05, 4.69) is 388 Å². The Morgan fingerprint density at radius 1 is 0.152 bits per heavy atom. The van der Waals surface area contributed by atoms with E-state index in [-0.39, 0.29) is 0 Å². The highest BCUT2D eigenvalue weighted by Gasteiger charge is 2.21. The number of nitrogens with zero attached hydrogens (tertiary/aromatic N) is 8. The summed E-state index contributed by atoms with van der Waals surface area (Å²) in [5.41, 5.74) is 33.0. The Balaban J connectivity index is 0.000000141. The zero-order valence-electron chi connectivity index (χ0n) is 60.8. The maximum Gasteiger partial charge on any atom is 0.0963 e. The summed E-state index contributed by atoms with van der Waals surface area (Å²) in [4.78, 5) is 20.1. The highest BCUT2D eigenvalue weighted by Crippen LogP contribution is 2.43. The number of fused-ring (bicyclic) bond motifs is 12. The second kappa shape index (κ2) is 27.6. The van der Waals surface area contributed by atoms with Crippen molar-refractivity contribution in [3.63, 3.8) is 0 Å². The lowest BCUT2D eigenvalue weighted by atomic mass is 9.99. The van der Waals surface area contributed by atoms with Crippen molar-refractivity contribution < 1.29 is 0 Å². The number of hydrogen-bond acceptors (Lipinski definition) is 4. The third-order valence-electron chi connectivity index (χ3n) is 21.9. The molecule has 8 aromatic heterocycles. The lowest BCUT2D eigenvalue weighted by Crippen LogP contribution is -1.95. The maximum absolute atomic E-state index is 5.17. The molecule has 8 heteroatoms. The van der Waals surface area contributed by atoms with Crippen LogP contribution in [0, 0.1) is 0 Å². The molecule has 0 aliphatic carbocycles. The Morgan fingerprint density at radius 3 is 0.821 bits per heavy atom. The SMILES string of the molecule is c1ccc(-c2cc(-c3ccc(-n4c5ccc(-c6ccc7c8ccccc8n(-c8ccccc8)c7c6)cc5c5ncccc54)cc3)cc(-c3ccccc3)n2)cc1.c1ccc(-c2cc(-c3ccccc3)nc(-c3ccc(-n4c5ccc(-c6ccc7c8ccccc8n(-c8ccccc8)c7c6)cc5c5ncccc54)cc3)c2)cc1. The number of aromatic nitrogens is 8. The second-order valence-electron chi connectivity index (χ2n) is 28.5. The molecule has 112 heavy (non-hydrogen) atoms. The van der Waals surface area contributed by atoms with Crippen LogP contribution in [0.15, 0.2) is 413 Å². The van der Waals surface area contributed by atoms with Gasteiger partial charge in [0.15, 0.2) is 0 Å². The van der Waals surface area contributed by atoms with Gasteiger partial charge >= 0.3 is 0 Å². The predicted molar refractivity (Wildman–Crippen MR) is 465 cm³/mol. The summed E-state index contributed by atoms with van der Waals surface area (Å²) in [7, 11) is 0. The molecule has 0 amide bonds. The molecule has 22 aromatic rings. The van der Waals surface area contributed by atoms with Crippen molar-refractivity contribution in [2.24, 2.45) is 0 Å². The van der Waals surface area contributed by atoms with Crippen molar-refractivity contribution in [3.05, 3.63) is 413 Å². The summed E-state index contributed by atoms with van der Waals surface area (Å²) in [6.45, 7) is 0. The van der Waals surface area contributed by atoms with Crippen LogP contribution in [-0.2, 0) is 0 Å². The summed E-state index contributed by atoms with van der Waals surface area (Å²) < 4.78 is 9.41. The number of hydrogen-bond donors (Lipinski definition) is 0. The molecule has 0 saturated heterocycles. The van der Waals surface area contributed by atoms with E-state index in [9.17, 15) is 0 Å². The van der Waals surface area contributed by atoms with Gasteiger partial charge in [-0.3, -0.25) is 9.97 Å². The first-order chi connectivity index (χ1) is 55.5. The quantitative estimate of drug-likeness (QED) is 0.122. The lowest BCUT2D eigenvalue weighted by molar-refractivity contribution is 1.17. The van der Waals surface area contributed by atoms with Gasteiger partial charge in [-0.1, -0.05) is 255 Å². The summed E-state index contributed by atoms with van der Waals surface area (Å²) >= 11 is 0. The predicted octanol–water partition coefficient (Wildman–Crippen LogP) is 26.7. The Hall–Kier alpha value is -15.1. The Labute approximate surface area is 646 Å². The minimum Gasteiger partial charge on any atom is -0.309 e. The van der Waals surface area contributed by atoms with Crippen molar-refractivity contribution in [1.29, 1.82) is 0 Å². The monoisotopic (exact) mass is 1430 g/mol. The maximum atomic E-state index is 5.17. The van der Waals surface area contributed by atoms with E-state index in [0.29, 0.717) is 0 Å². The Kier molecular flexibility index (Phi) is 16.1. The molecule has 0 aliphatic heterocycles. The van der Waals surface area contributed by atoms with Crippen LogP contribution in [0.1, 0.15) is 0 Å². The van der Waals surface area contributed by atoms with Gasteiger partial charge in [0.2, 0.25) is 0 Å². The minimum absolute atomic E-state index is 0.938. The molecule has 22 rings (SSSR count). The molecule has 0 fully saturated rings. The molecular weight excluding hydrogens is 1360 g/mol. The van der Waals surface area contributed by atoms with Crippen LogP contribution in [0.2, 0.25) is 0 Å². The molecule has 8 nitrogen and oxygen atoms in total. The van der Waals surface area contributed by atoms with Crippen LogP contribution < -0.4 is 0 Å². The molecule has 0 N–H and O–H groups in total. The summed E-state index contributed by atoms with van der Waals surface area (Å²) in [5.74, 6) is 0. The fourth-order valence-corrected chi connectivity index (χ4v) is 16.6. The van der Waals surface area contributed by atoms with Crippen molar-refractivity contribution in [2.75, 3.05) is 0 Å². The fraction of sp³-hybridized carbons (Fsp3) is 0. The topological polar surface area (TPSA) is 71.3 Å². The molecule has 0 unspecified atom stereocenters. The standard InChI is InChI=1S/2C52H34N4/c1-4-13-36(14-5-1)46-32-40(33-47(54-46)37-15-6-2-7-16-37)35-22-26-42(27-23-35)55-49-29-25-38(31-45(49)52-50(55)21-12-30-53-52)39-24-28-44-43-19-10-11-20-48(43)56(51(44)34-39)41-17-8-3-9-18-41;1-4-13-35(14-5-1)40-32-46(36-15-6-2-7-16-36)54-47(33-40)37-22-26-42(27-23-37)55-49-29-25-38(31-45(49)52-50(55)21-12-30-53-52)39-24-28-44-43-19-10-11-20-48(43)56(51(44)34-39)41-17-8-3-9-18-41/h2*1-34H. The van der Waals surface area contributed by atoms with Crippen LogP contribution in [0.4, 0.5) is 0 Å². The van der Waals surface area contributed by atoms with E-state index in [1.807, 2.05) is 42.7 Å². The van der Waals surface area contributed by atoms with E-state index in [1.54, 1.807) is 0 Å². The van der Waals surface area contributed by atoms with Gasteiger partial charge in [-0.25, -0.2) is 9.97 Å². The molecular formula is C104H68N8. The van der Waals surface area contributed by atoms with Crippen LogP contribution in [0.3, 0.4) is 0 Å². The first-order valence-electron chi connectivity index (χ1n) is 38.0. The molecule has 0 radical (unpaired) electrons. The molecule has 524 valence electrons. The highest BCUT2D eigenvalue weighted by molar-refractivity contribution is 6.14. The average Bonchev–Trinajstić information content (AvgIpc) is 1.57. The Morgan fingerprint density at radius 2 is 0.420 bits per heavy atom. The van der Waals surface area contributed by atoms with Gasteiger partial charge in [0.25, 0.3) is 0 Å². The zero-order chi connectivity index (χ0) is 74.0. The number of pyridine rings is 4. The highest BCUT2D eigenvalue weighted by atomic mass is 15.0. The van der Waals surface area contributed by atoms with Crippen molar-refractivity contribution in [3.8, 4) is 112 Å². The van der Waals surface area contributed by atoms with Crippen molar-refractivity contribution >= 4 is 87.5 Å². The van der Waals surface area contributed by atoms with Crippen LogP contribution in [0.5, 0.6) is 0 Å². The Bertz CT molecular complexity index is 6760. The molecule has 0 bridgehead atoms. The van der Waals surface area contributed by atoms with E-state index in [1.165, 1.54) is 60.3 Å². The van der Waals surface area contributed by atoms with Crippen LogP contribution in [0.25, 0.3) is 200 Å². The van der Waals surface area contributed by atoms with Crippen LogP contribution >= 0.6 is 0 Å².